The monoisotopic (exact) mass is 393 g/mol. The van der Waals surface area contributed by atoms with Gasteiger partial charge in [0.25, 0.3) is 0 Å². The molecule has 9 heteroatoms. The summed E-state index contributed by atoms with van der Waals surface area (Å²) < 4.78 is 0. The van der Waals surface area contributed by atoms with E-state index in [1.807, 2.05) is 0 Å². The van der Waals surface area contributed by atoms with Crippen LogP contribution in [0.4, 0.5) is 4.79 Å². The van der Waals surface area contributed by atoms with E-state index in [1.54, 1.807) is 4.90 Å². The molecule has 1 aliphatic carbocycles. The number of urea groups is 1. The molecular weight excluding hydrogens is 362 g/mol. The van der Waals surface area contributed by atoms with Crippen LogP contribution in [0.15, 0.2) is 0 Å². The van der Waals surface area contributed by atoms with Gasteiger partial charge >= 0.3 is 6.03 Å². The number of carbonyl (C=O) groups excluding carboxylic acids is 4. The van der Waals surface area contributed by atoms with E-state index in [1.165, 1.54) is 18.2 Å². The molecule has 0 aromatic heterocycles. The number of hydrogen-bond acceptors (Lipinski definition) is 4. The minimum Gasteiger partial charge on any atom is -0.354 e. The highest BCUT2D eigenvalue weighted by atomic mass is 16.2. The lowest BCUT2D eigenvalue weighted by Crippen LogP contribution is -2.64. The van der Waals surface area contributed by atoms with E-state index in [2.05, 4.69) is 16.0 Å². The van der Waals surface area contributed by atoms with Gasteiger partial charge < -0.3 is 25.8 Å². The third-order valence-corrected chi connectivity index (χ3v) is 5.91. The third kappa shape index (κ3) is 4.94. The zero-order chi connectivity index (χ0) is 20.1. The quantitative estimate of drug-likeness (QED) is 0.625. The van der Waals surface area contributed by atoms with E-state index in [0.29, 0.717) is 26.1 Å². The topological polar surface area (TPSA) is 111 Å². The van der Waals surface area contributed by atoms with E-state index < -0.39 is 12.1 Å². The second kappa shape index (κ2) is 9.25. The van der Waals surface area contributed by atoms with Crippen LogP contribution in [-0.4, -0.2) is 77.9 Å². The van der Waals surface area contributed by atoms with E-state index in [9.17, 15) is 19.2 Å². The fourth-order valence-corrected chi connectivity index (χ4v) is 4.26. The molecule has 3 N–H and O–H groups in total. The first-order valence-electron chi connectivity index (χ1n) is 10.4. The van der Waals surface area contributed by atoms with Crippen LogP contribution >= 0.6 is 0 Å². The molecule has 2 unspecified atom stereocenters. The summed E-state index contributed by atoms with van der Waals surface area (Å²) in [5, 5.41) is 8.57. The number of rotatable bonds is 3. The van der Waals surface area contributed by atoms with Gasteiger partial charge in [0.15, 0.2) is 0 Å². The molecule has 3 fully saturated rings. The van der Waals surface area contributed by atoms with Crippen LogP contribution in [0.3, 0.4) is 0 Å². The van der Waals surface area contributed by atoms with Crippen molar-refractivity contribution in [3.63, 3.8) is 0 Å². The van der Waals surface area contributed by atoms with Crippen molar-refractivity contribution >= 4 is 23.8 Å². The van der Waals surface area contributed by atoms with Crippen LogP contribution in [0.25, 0.3) is 0 Å². The number of nitrogens with one attached hydrogen (secondary N) is 3. The molecule has 156 valence electrons. The number of piperazine rings is 1. The van der Waals surface area contributed by atoms with Gasteiger partial charge in [-0.2, -0.15) is 0 Å². The Morgan fingerprint density at radius 2 is 1.75 bits per heavy atom. The van der Waals surface area contributed by atoms with Gasteiger partial charge in [-0.3, -0.25) is 14.4 Å². The number of amides is 5. The lowest BCUT2D eigenvalue weighted by atomic mass is 9.96. The van der Waals surface area contributed by atoms with Gasteiger partial charge in [-0.1, -0.05) is 19.3 Å². The zero-order valence-corrected chi connectivity index (χ0v) is 16.5. The van der Waals surface area contributed by atoms with Crippen molar-refractivity contribution in [1.29, 1.82) is 0 Å². The highest BCUT2D eigenvalue weighted by molar-refractivity contribution is 5.92. The molecule has 2 saturated heterocycles. The van der Waals surface area contributed by atoms with Crippen LogP contribution in [-0.2, 0) is 14.4 Å². The Hall–Kier alpha value is -2.32. The van der Waals surface area contributed by atoms with Gasteiger partial charge in [0, 0.05) is 32.6 Å². The SMILES string of the molecule is CC(=O)N1CCN(C(=O)NC2CCCCC2)CC1C(=O)NC1CCCNC1=O. The van der Waals surface area contributed by atoms with Crippen molar-refractivity contribution in [1.82, 2.24) is 25.8 Å². The van der Waals surface area contributed by atoms with Gasteiger partial charge in [0.1, 0.15) is 12.1 Å². The van der Waals surface area contributed by atoms with E-state index in [4.69, 9.17) is 0 Å². The molecule has 0 radical (unpaired) electrons. The van der Waals surface area contributed by atoms with Gasteiger partial charge in [0.2, 0.25) is 17.7 Å². The standard InChI is InChI=1S/C19H31N5O4/c1-13(25)24-11-10-23(19(28)21-14-6-3-2-4-7-14)12-16(24)18(27)22-15-8-5-9-20-17(15)26/h14-16H,2-12H2,1H3,(H,20,26)(H,21,28)(H,22,27). The molecule has 9 nitrogen and oxygen atoms in total. The van der Waals surface area contributed by atoms with Crippen LogP contribution in [0.2, 0.25) is 0 Å². The van der Waals surface area contributed by atoms with Crippen molar-refractivity contribution in [2.24, 2.45) is 0 Å². The molecule has 0 aromatic carbocycles. The Bertz CT molecular complexity index is 619. The molecule has 0 spiro atoms. The lowest BCUT2D eigenvalue weighted by Gasteiger charge is -2.41. The lowest BCUT2D eigenvalue weighted by molar-refractivity contribution is -0.143. The summed E-state index contributed by atoms with van der Waals surface area (Å²) in [7, 11) is 0. The van der Waals surface area contributed by atoms with Gasteiger partial charge in [-0.25, -0.2) is 4.79 Å². The summed E-state index contributed by atoms with van der Waals surface area (Å²) in [4.78, 5) is 52.6. The Kier molecular flexibility index (Phi) is 6.74. The normalized spacial score (nSPS) is 26.4. The van der Waals surface area contributed by atoms with Crippen molar-refractivity contribution in [2.45, 2.75) is 70.0 Å². The second-order valence-corrected chi connectivity index (χ2v) is 7.95. The summed E-state index contributed by atoms with van der Waals surface area (Å²) in [5.41, 5.74) is 0. The second-order valence-electron chi connectivity index (χ2n) is 7.95. The molecule has 2 aliphatic heterocycles. The van der Waals surface area contributed by atoms with E-state index in [0.717, 1.165) is 32.1 Å². The molecule has 3 aliphatic rings. The van der Waals surface area contributed by atoms with Gasteiger partial charge in [-0.15, -0.1) is 0 Å². The van der Waals surface area contributed by atoms with Crippen molar-refractivity contribution in [3.05, 3.63) is 0 Å². The van der Waals surface area contributed by atoms with Crippen LogP contribution in [0.1, 0.15) is 51.9 Å². The van der Waals surface area contributed by atoms with Crippen LogP contribution < -0.4 is 16.0 Å². The molecule has 2 atom stereocenters. The average Bonchev–Trinajstić information content (AvgIpc) is 2.70. The highest BCUT2D eigenvalue weighted by Crippen LogP contribution is 2.18. The highest BCUT2D eigenvalue weighted by Gasteiger charge is 2.37. The van der Waals surface area contributed by atoms with Crippen molar-refractivity contribution in [3.8, 4) is 0 Å². The zero-order valence-electron chi connectivity index (χ0n) is 16.5. The van der Waals surface area contributed by atoms with Gasteiger partial charge in [0.05, 0.1) is 6.54 Å². The molecule has 0 aromatic rings. The van der Waals surface area contributed by atoms with Crippen molar-refractivity contribution in [2.75, 3.05) is 26.2 Å². The third-order valence-electron chi connectivity index (χ3n) is 5.91. The first-order chi connectivity index (χ1) is 13.5. The largest absolute Gasteiger partial charge is 0.354 e. The maximum Gasteiger partial charge on any atom is 0.317 e. The Morgan fingerprint density at radius 1 is 1.00 bits per heavy atom. The Morgan fingerprint density at radius 3 is 2.43 bits per heavy atom. The number of hydrogen-bond donors (Lipinski definition) is 3. The van der Waals surface area contributed by atoms with E-state index in [-0.39, 0.29) is 36.3 Å². The predicted octanol–water partition coefficient (Wildman–Crippen LogP) is -0.0438. The number of carbonyl (C=O) groups is 4. The van der Waals surface area contributed by atoms with Crippen LogP contribution in [0.5, 0.6) is 0 Å². The van der Waals surface area contributed by atoms with Gasteiger partial charge in [-0.05, 0) is 25.7 Å². The average molecular weight is 393 g/mol. The summed E-state index contributed by atoms with van der Waals surface area (Å²) in [6.45, 7) is 2.88. The molecular formula is C19H31N5O4. The first kappa shape index (κ1) is 20.4. The maximum absolute atomic E-state index is 12.8. The fraction of sp³-hybridized carbons (Fsp3) is 0.789. The summed E-state index contributed by atoms with van der Waals surface area (Å²) in [6.07, 6.45) is 6.80. The first-order valence-corrected chi connectivity index (χ1v) is 10.4. The predicted molar refractivity (Wildman–Crippen MR) is 102 cm³/mol. The molecule has 3 rings (SSSR count). The minimum absolute atomic E-state index is 0.137. The van der Waals surface area contributed by atoms with E-state index >= 15 is 0 Å². The molecule has 28 heavy (non-hydrogen) atoms. The minimum atomic E-state index is -0.780. The molecule has 0 bridgehead atoms. The number of piperidine rings is 1. The van der Waals surface area contributed by atoms with Crippen molar-refractivity contribution < 1.29 is 19.2 Å². The molecule has 2 heterocycles. The summed E-state index contributed by atoms with van der Waals surface area (Å²) in [6, 6.07) is -1.35. The smallest absolute Gasteiger partial charge is 0.317 e. The van der Waals surface area contributed by atoms with Crippen LogP contribution in [0, 0.1) is 0 Å². The number of nitrogens with zero attached hydrogens (tertiary/aromatic N) is 2. The maximum atomic E-state index is 12.8. The fourth-order valence-electron chi connectivity index (χ4n) is 4.26. The summed E-state index contributed by atoms with van der Waals surface area (Å²) >= 11 is 0. The Balaban J connectivity index is 1.62. The molecule has 5 amide bonds. The Labute approximate surface area is 165 Å². The molecule has 1 saturated carbocycles. The summed E-state index contributed by atoms with van der Waals surface area (Å²) in [5.74, 6) is -0.787.